The van der Waals surface area contributed by atoms with Crippen LogP contribution in [0.15, 0.2) is 12.1 Å². The highest BCUT2D eigenvalue weighted by molar-refractivity contribution is 6.89. The van der Waals surface area contributed by atoms with Crippen LogP contribution >= 0.6 is 0 Å². The maximum atomic E-state index is 10.8. The molecule has 0 amide bonds. The van der Waals surface area contributed by atoms with E-state index >= 15 is 0 Å². The number of aryl methyl sites for hydroxylation is 2. The van der Waals surface area contributed by atoms with Crippen molar-refractivity contribution in [3.63, 3.8) is 0 Å². The van der Waals surface area contributed by atoms with E-state index in [1.54, 1.807) is 0 Å². The van der Waals surface area contributed by atoms with Crippen LogP contribution < -0.4 is 5.19 Å². The van der Waals surface area contributed by atoms with Gasteiger partial charge in [0.05, 0.1) is 8.07 Å². The van der Waals surface area contributed by atoms with E-state index in [1.807, 2.05) is 13.0 Å². The molecule has 0 saturated heterocycles. The minimum absolute atomic E-state index is 0.824. The minimum atomic E-state index is -1.26. The summed E-state index contributed by atoms with van der Waals surface area (Å²) in [7, 11) is -1.26. The lowest BCUT2D eigenvalue weighted by atomic mass is 10.1. The molecule has 0 bridgehead atoms. The molecule has 0 unspecified atom stereocenters. The zero-order chi connectivity index (χ0) is 10.9. The molecule has 2 heteroatoms. The largest absolute Gasteiger partial charge is 0.298 e. The third-order valence-electron chi connectivity index (χ3n) is 2.55. The van der Waals surface area contributed by atoms with E-state index in [1.165, 1.54) is 10.8 Å². The molecule has 0 aliphatic heterocycles. The molecule has 14 heavy (non-hydrogen) atoms. The number of rotatable bonds is 2. The Morgan fingerprint density at radius 2 is 1.64 bits per heavy atom. The van der Waals surface area contributed by atoms with Crippen LogP contribution in [0.2, 0.25) is 19.6 Å². The van der Waals surface area contributed by atoms with E-state index in [2.05, 4.69) is 32.6 Å². The second-order valence-electron chi connectivity index (χ2n) is 4.89. The lowest BCUT2D eigenvalue weighted by molar-refractivity contribution is 0.112. The van der Waals surface area contributed by atoms with E-state index in [9.17, 15) is 4.79 Å². The Balaban J connectivity index is 3.36. The third kappa shape index (κ3) is 2.12. The smallest absolute Gasteiger partial charge is 0.150 e. The van der Waals surface area contributed by atoms with Crippen LogP contribution in [0, 0.1) is 13.8 Å². The van der Waals surface area contributed by atoms with Crippen LogP contribution in [0.1, 0.15) is 21.5 Å². The molecular formula is C12H18OSi. The lowest BCUT2D eigenvalue weighted by Gasteiger charge is -2.20. The van der Waals surface area contributed by atoms with Crippen molar-refractivity contribution in [2.75, 3.05) is 0 Å². The van der Waals surface area contributed by atoms with E-state index in [0.29, 0.717) is 0 Å². The van der Waals surface area contributed by atoms with Crippen LogP contribution in [-0.2, 0) is 0 Å². The molecule has 0 saturated carbocycles. The Hall–Kier alpha value is -0.893. The quantitative estimate of drug-likeness (QED) is 0.537. The summed E-state index contributed by atoms with van der Waals surface area (Å²) in [4.78, 5) is 10.8. The highest BCUT2D eigenvalue weighted by atomic mass is 28.3. The first-order chi connectivity index (χ1) is 6.36. The van der Waals surface area contributed by atoms with E-state index in [0.717, 1.165) is 17.4 Å². The summed E-state index contributed by atoms with van der Waals surface area (Å²) in [6.45, 7) is 11.1. The second-order valence-corrected chi connectivity index (χ2v) is 9.93. The molecule has 0 radical (unpaired) electrons. The van der Waals surface area contributed by atoms with E-state index in [4.69, 9.17) is 0 Å². The molecule has 0 aliphatic rings. The average molecular weight is 206 g/mol. The zero-order valence-corrected chi connectivity index (χ0v) is 10.6. The summed E-state index contributed by atoms with van der Waals surface area (Å²) < 4.78 is 0. The molecule has 0 N–H and O–H groups in total. The van der Waals surface area contributed by atoms with Gasteiger partial charge in [-0.15, -0.1) is 0 Å². The van der Waals surface area contributed by atoms with Crippen molar-refractivity contribution in [3.8, 4) is 0 Å². The molecule has 1 rings (SSSR count). The summed E-state index contributed by atoms with van der Waals surface area (Å²) in [5.41, 5.74) is 3.18. The van der Waals surface area contributed by atoms with Gasteiger partial charge in [0.1, 0.15) is 6.29 Å². The van der Waals surface area contributed by atoms with Crippen molar-refractivity contribution in [3.05, 3.63) is 28.8 Å². The maximum absolute atomic E-state index is 10.8. The van der Waals surface area contributed by atoms with Gasteiger partial charge in [-0.05, 0) is 25.5 Å². The molecule has 0 spiro atoms. The van der Waals surface area contributed by atoms with Gasteiger partial charge in [-0.25, -0.2) is 0 Å². The fourth-order valence-electron chi connectivity index (χ4n) is 1.77. The Bertz CT molecular complexity index is 361. The molecule has 1 nitrogen and oxygen atoms in total. The topological polar surface area (TPSA) is 17.1 Å². The van der Waals surface area contributed by atoms with Gasteiger partial charge in [-0.1, -0.05) is 36.5 Å². The molecule has 76 valence electrons. The Morgan fingerprint density at radius 1 is 1.07 bits per heavy atom. The maximum Gasteiger partial charge on any atom is 0.150 e. The number of carbonyl (C=O) groups excluding carboxylic acids is 1. The fraction of sp³-hybridized carbons (Fsp3) is 0.417. The first-order valence-corrected chi connectivity index (χ1v) is 8.43. The van der Waals surface area contributed by atoms with Gasteiger partial charge in [0, 0.05) is 5.56 Å². The first kappa shape index (κ1) is 11.2. The van der Waals surface area contributed by atoms with Gasteiger partial charge in [0.2, 0.25) is 0 Å². The fourth-order valence-corrected chi connectivity index (χ4v) is 3.68. The third-order valence-corrected chi connectivity index (χ3v) is 4.70. The number of benzene rings is 1. The molecule has 1 aromatic rings. The van der Waals surface area contributed by atoms with Crippen molar-refractivity contribution in [2.45, 2.75) is 33.5 Å². The van der Waals surface area contributed by atoms with Crippen LogP contribution in [0.4, 0.5) is 0 Å². The van der Waals surface area contributed by atoms with Crippen molar-refractivity contribution in [1.82, 2.24) is 0 Å². The van der Waals surface area contributed by atoms with Gasteiger partial charge in [-0.3, -0.25) is 4.79 Å². The Kier molecular flexibility index (Phi) is 2.95. The predicted molar refractivity (Wildman–Crippen MR) is 64.3 cm³/mol. The normalized spacial score (nSPS) is 11.5. The summed E-state index contributed by atoms with van der Waals surface area (Å²) in [5, 5.41) is 1.46. The molecule has 0 fully saturated rings. The SMILES string of the molecule is Cc1cc([Si](C)(C)C)c(C)cc1C=O. The molecular weight excluding hydrogens is 188 g/mol. The lowest BCUT2D eigenvalue weighted by Crippen LogP contribution is -2.39. The highest BCUT2D eigenvalue weighted by Crippen LogP contribution is 2.12. The summed E-state index contributed by atoms with van der Waals surface area (Å²) in [6, 6.07) is 4.20. The van der Waals surface area contributed by atoms with Crippen LogP contribution in [0.3, 0.4) is 0 Å². The predicted octanol–water partition coefficient (Wildman–Crippen LogP) is 2.66. The van der Waals surface area contributed by atoms with E-state index in [-0.39, 0.29) is 0 Å². The van der Waals surface area contributed by atoms with Gasteiger partial charge < -0.3 is 0 Å². The minimum Gasteiger partial charge on any atom is -0.298 e. The zero-order valence-electron chi connectivity index (χ0n) is 9.64. The van der Waals surface area contributed by atoms with Crippen LogP contribution in [0.5, 0.6) is 0 Å². The number of carbonyl (C=O) groups is 1. The highest BCUT2D eigenvalue weighted by Gasteiger charge is 2.19. The number of aldehydes is 1. The van der Waals surface area contributed by atoms with Gasteiger partial charge >= 0.3 is 0 Å². The van der Waals surface area contributed by atoms with Gasteiger partial charge in [0.15, 0.2) is 0 Å². The van der Waals surface area contributed by atoms with E-state index < -0.39 is 8.07 Å². The molecule has 0 aliphatic carbocycles. The van der Waals surface area contributed by atoms with Crippen molar-refractivity contribution in [2.24, 2.45) is 0 Å². The molecule has 0 heterocycles. The summed E-state index contributed by atoms with van der Waals surface area (Å²) >= 11 is 0. The Labute approximate surface area is 87.2 Å². The molecule has 0 atom stereocenters. The summed E-state index contributed by atoms with van der Waals surface area (Å²) in [5.74, 6) is 0. The van der Waals surface area contributed by atoms with Crippen LogP contribution in [-0.4, -0.2) is 14.4 Å². The monoisotopic (exact) mass is 206 g/mol. The van der Waals surface area contributed by atoms with Crippen molar-refractivity contribution < 1.29 is 4.79 Å². The van der Waals surface area contributed by atoms with Crippen molar-refractivity contribution in [1.29, 1.82) is 0 Å². The number of hydrogen-bond donors (Lipinski definition) is 0. The first-order valence-electron chi connectivity index (χ1n) is 4.93. The van der Waals surface area contributed by atoms with Gasteiger partial charge in [0.25, 0.3) is 0 Å². The molecule has 0 aromatic heterocycles. The van der Waals surface area contributed by atoms with Crippen molar-refractivity contribution >= 4 is 19.5 Å². The van der Waals surface area contributed by atoms with Gasteiger partial charge in [-0.2, -0.15) is 0 Å². The second kappa shape index (κ2) is 3.69. The molecule has 1 aromatic carbocycles. The average Bonchev–Trinajstić information content (AvgIpc) is 2.06. The van der Waals surface area contributed by atoms with Crippen LogP contribution in [0.25, 0.3) is 0 Å². The standard InChI is InChI=1S/C12H18OSi/c1-9-7-12(14(3,4)5)10(2)6-11(9)8-13/h6-8H,1-5H3. The Morgan fingerprint density at radius 3 is 2.07 bits per heavy atom. The summed E-state index contributed by atoms with van der Waals surface area (Å²) in [6.07, 6.45) is 0.941. The number of hydrogen-bond acceptors (Lipinski definition) is 1.